The van der Waals surface area contributed by atoms with Crippen molar-refractivity contribution < 1.29 is 28.3 Å². The van der Waals surface area contributed by atoms with Crippen molar-refractivity contribution in [3.8, 4) is 17.1 Å². The Balaban J connectivity index is 0.000000226. The van der Waals surface area contributed by atoms with Gasteiger partial charge in [0.2, 0.25) is 12.2 Å². The van der Waals surface area contributed by atoms with Gasteiger partial charge < -0.3 is 24.6 Å². The molecule has 34 heavy (non-hydrogen) atoms. The SMILES string of the molecule is O=C(NCc1ccc(Cl)cc1)c1cc(O)c(-c2ncon2)cc1F.O=C1OCC2CCCCN12. The quantitative estimate of drug-likeness (QED) is 0.566. The van der Waals surface area contributed by atoms with Gasteiger partial charge in [-0.2, -0.15) is 4.98 Å². The van der Waals surface area contributed by atoms with Crippen molar-refractivity contribution in [3.05, 3.63) is 64.8 Å². The monoisotopic (exact) mass is 488 g/mol. The molecule has 9 nitrogen and oxygen atoms in total. The summed E-state index contributed by atoms with van der Waals surface area (Å²) < 4.78 is 23.6. The minimum atomic E-state index is -0.804. The van der Waals surface area contributed by atoms with E-state index in [0.717, 1.165) is 43.5 Å². The summed E-state index contributed by atoms with van der Waals surface area (Å²) in [6.07, 6.45) is 4.47. The van der Waals surface area contributed by atoms with Gasteiger partial charge in [-0.1, -0.05) is 28.9 Å². The van der Waals surface area contributed by atoms with Gasteiger partial charge in [-0.05, 0) is 49.1 Å². The zero-order valence-corrected chi connectivity index (χ0v) is 18.8. The van der Waals surface area contributed by atoms with Crippen LogP contribution in [0.2, 0.25) is 5.02 Å². The van der Waals surface area contributed by atoms with Crippen LogP contribution in [-0.2, 0) is 11.3 Å². The van der Waals surface area contributed by atoms with Crippen molar-refractivity contribution in [2.75, 3.05) is 13.2 Å². The molecule has 2 saturated heterocycles. The van der Waals surface area contributed by atoms with Crippen LogP contribution >= 0.6 is 11.6 Å². The Kier molecular flexibility index (Phi) is 7.27. The van der Waals surface area contributed by atoms with E-state index in [9.17, 15) is 19.1 Å². The van der Waals surface area contributed by atoms with E-state index in [1.165, 1.54) is 6.42 Å². The van der Waals surface area contributed by atoms with Gasteiger partial charge in [-0.3, -0.25) is 4.79 Å². The molecular formula is C23H22ClFN4O5. The van der Waals surface area contributed by atoms with Crippen LogP contribution in [0.3, 0.4) is 0 Å². The lowest BCUT2D eigenvalue weighted by atomic mass is 10.0. The second-order valence-corrected chi connectivity index (χ2v) is 8.27. The number of hydrogen-bond donors (Lipinski definition) is 2. The normalized spacial score (nSPS) is 16.8. The number of phenolic OH excluding ortho intramolecular Hbond substituents is 1. The number of halogens is 2. The standard InChI is InChI=1S/C16H11ClFN3O3.C7H11NO2/c17-10-3-1-9(2-4-10)7-19-16(23)11-6-14(22)12(5-13(11)18)15-20-8-24-21-15;9-7-8-4-2-1-3-6(8)5-10-7/h1-6,8,22H,7H2,(H,19,23);6H,1-5H2. The number of aromatic hydroxyl groups is 1. The molecule has 5 rings (SSSR count). The van der Waals surface area contributed by atoms with E-state index in [1.807, 2.05) is 4.90 Å². The largest absolute Gasteiger partial charge is 0.507 e. The average molecular weight is 489 g/mol. The van der Waals surface area contributed by atoms with E-state index in [2.05, 4.69) is 20.0 Å². The maximum Gasteiger partial charge on any atom is 0.410 e. The third-order valence-corrected chi connectivity index (χ3v) is 5.81. The van der Waals surface area contributed by atoms with Crippen LogP contribution in [0.1, 0.15) is 35.2 Å². The summed E-state index contributed by atoms with van der Waals surface area (Å²) in [5, 5.41) is 16.6. The molecule has 1 aromatic heterocycles. The summed E-state index contributed by atoms with van der Waals surface area (Å²) in [7, 11) is 0. The number of nitrogens with one attached hydrogen (secondary N) is 1. The maximum atomic E-state index is 14.2. The lowest BCUT2D eigenvalue weighted by Gasteiger charge is -2.25. The molecule has 0 radical (unpaired) electrons. The number of fused-ring (bicyclic) bond motifs is 1. The first-order chi connectivity index (χ1) is 16.4. The Morgan fingerprint density at radius 1 is 1.26 bits per heavy atom. The van der Waals surface area contributed by atoms with Gasteiger partial charge in [0.1, 0.15) is 18.2 Å². The van der Waals surface area contributed by atoms with Gasteiger partial charge >= 0.3 is 6.09 Å². The van der Waals surface area contributed by atoms with Crippen LogP contribution in [0.4, 0.5) is 9.18 Å². The minimum absolute atomic E-state index is 0.0273. The molecule has 0 aliphatic carbocycles. The van der Waals surface area contributed by atoms with Gasteiger partial charge in [-0.25, -0.2) is 9.18 Å². The van der Waals surface area contributed by atoms with E-state index in [-0.39, 0.29) is 35.3 Å². The van der Waals surface area contributed by atoms with E-state index in [1.54, 1.807) is 24.3 Å². The molecule has 1 atom stereocenters. The lowest BCUT2D eigenvalue weighted by Crippen LogP contribution is -2.37. The zero-order chi connectivity index (χ0) is 24.1. The molecule has 1 unspecified atom stereocenters. The van der Waals surface area contributed by atoms with Crippen LogP contribution in [-0.4, -0.2) is 51.3 Å². The van der Waals surface area contributed by atoms with Crippen LogP contribution < -0.4 is 5.32 Å². The van der Waals surface area contributed by atoms with Crippen LogP contribution in [0.25, 0.3) is 11.4 Å². The highest BCUT2D eigenvalue weighted by atomic mass is 35.5. The van der Waals surface area contributed by atoms with Gasteiger partial charge in [0, 0.05) is 18.1 Å². The molecule has 0 saturated carbocycles. The van der Waals surface area contributed by atoms with Crippen molar-refractivity contribution in [2.45, 2.75) is 31.8 Å². The molecule has 2 fully saturated rings. The number of phenols is 1. The molecule has 0 spiro atoms. The molecule has 3 heterocycles. The number of ether oxygens (including phenoxy) is 1. The van der Waals surface area contributed by atoms with E-state index in [4.69, 9.17) is 16.3 Å². The van der Waals surface area contributed by atoms with E-state index in [0.29, 0.717) is 17.7 Å². The second kappa shape index (κ2) is 10.5. The van der Waals surface area contributed by atoms with Crippen molar-refractivity contribution in [3.63, 3.8) is 0 Å². The Hall–Kier alpha value is -3.66. The summed E-state index contributed by atoms with van der Waals surface area (Å²) >= 11 is 5.78. The number of amides is 2. The fourth-order valence-corrected chi connectivity index (χ4v) is 3.87. The highest BCUT2D eigenvalue weighted by Gasteiger charge is 2.34. The number of benzene rings is 2. The van der Waals surface area contributed by atoms with Gasteiger partial charge in [0.25, 0.3) is 5.91 Å². The van der Waals surface area contributed by atoms with Crippen molar-refractivity contribution >= 4 is 23.6 Å². The first-order valence-electron chi connectivity index (χ1n) is 10.7. The molecule has 3 aromatic rings. The number of carbonyl (C=O) groups is 2. The topological polar surface area (TPSA) is 118 Å². The van der Waals surface area contributed by atoms with Crippen LogP contribution in [0.5, 0.6) is 5.75 Å². The smallest absolute Gasteiger partial charge is 0.410 e. The Morgan fingerprint density at radius 3 is 2.76 bits per heavy atom. The Morgan fingerprint density at radius 2 is 2.06 bits per heavy atom. The lowest BCUT2D eigenvalue weighted by molar-refractivity contribution is 0.0946. The number of carbonyl (C=O) groups excluding carboxylic acids is 2. The maximum absolute atomic E-state index is 14.2. The first-order valence-corrected chi connectivity index (χ1v) is 11.1. The summed E-state index contributed by atoms with van der Waals surface area (Å²) in [6.45, 7) is 1.73. The fourth-order valence-electron chi connectivity index (χ4n) is 3.75. The third-order valence-electron chi connectivity index (χ3n) is 5.56. The number of piperidine rings is 1. The van der Waals surface area contributed by atoms with Gasteiger partial charge in [-0.15, -0.1) is 0 Å². The zero-order valence-electron chi connectivity index (χ0n) is 18.0. The summed E-state index contributed by atoms with van der Waals surface area (Å²) in [5.74, 6) is -1.76. The molecule has 2 N–H and O–H groups in total. The summed E-state index contributed by atoms with van der Waals surface area (Å²) in [6, 6.07) is 9.28. The van der Waals surface area contributed by atoms with Gasteiger partial charge in [0.05, 0.1) is 17.2 Å². The molecule has 0 bridgehead atoms. The third kappa shape index (κ3) is 5.45. The average Bonchev–Trinajstić information content (AvgIpc) is 3.51. The molecule has 2 aliphatic heterocycles. The summed E-state index contributed by atoms with van der Waals surface area (Å²) in [4.78, 5) is 28.6. The molecular weight excluding hydrogens is 467 g/mol. The van der Waals surface area contributed by atoms with Crippen molar-refractivity contribution in [1.82, 2.24) is 20.4 Å². The summed E-state index contributed by atoms with van der Waals surface area (Å²) in [5.41, 5.74) is 0.560. The van der Waals surface area contributed by atoms with E-state index < -0.39 is 11.7 Å². The number of nitrogens with zero attached hydrogens (tertiary/aromatic N) is 3. The fraction of sp³-hybridized carbons (Fsp3) is 0.304. The first kappa shape index (κ1) is 23.5. The second-order valence-electron chi connectivity index (χ2n) is 7.83. The van der Waals surface area contributed by atoms with Gasteiger partial charge in [0.15, 0.2) is 0 Å². The molecule has 178 valence electrons. The number of aromatic nitrogens is 2. The van der Waals surface area contributed by atoms with Crippen LogP contribution in [0, 0.1) is 5.82 Å². The highest BCUT2D eigenvalue weighted by Crippen LogP contribution is 2.29. The predicted molar refractivity (Wildman–Crippen MR) is 120 cm³/mol. The van der Waals surface area contributed by atoms with Crippen molar-refractivity contribution in [2.24, 2.45) is 0 Å². The molecule has 2 aromatic carbocycles. The minimum Gasteiger partial charge on any atom is -0.507 e. The van der Waals surface area contributed by atoms with Crippen LogP contribution in [0.15, 0.2) is 47.3 Å². The Labute approximate surface area is 199 Å². The van der Waals surface area contributed by atoms with E-state index >= 15 is 0 Å². The highest BCUT2D eigenvalue weighted by molar-refractivity contribution is 6.30. The molecule has 2 amide bonds. The Bertz CT molecular complexity index is 1160. The molecule has 2 aliphatic rings. The predicted octanol–water partition coefficient (Wildman–Crippen LogP) is 4.16. The number of hydrogen-bond acceptors (Lipinski definition) is 7. The van der Waals surface area contributed by atoms with Crippen molar-refractivity contribution in [1.29, 1.82) is 0 Å². The number of rotatable bonds is 4. The molecule has 11 heteroatoms. The number of cyclic esters (lactones) is 1.